The zero-order chi connectivity index (χ0) is 26.8. The topological polar surface area (TPSA) is 180 Å². The standard InChI is InChI=1S/C25H40NO9P/c1-2-19-10-11-24(29)34-22(19)12-13-25(30,14-15-26)23(35-36(31,32)33)17-21(28)8-4-3-6-18-7-5-9-20(27)16-18/h3-4,6,8,10-13,18-23,27-28,30H,2,5,7,9,14-17,26H2,1H3,(H2,31,32,33)/b6-3-,8-4-,13-12+/t18?,19-,20-,21-,22-,23+,25-/m0/s1. The summed E-state index contributed by atoms with van der Waals surface area (Å²) in [4.78, 5) is 30.6. The molecule has 0 aromatic rings. The van der Waals surface area contributed by atoms with Crippen molar-refractivity contribution in [3.05, 3.63) is 48.6 Å². The summed E-state index contributed by atoms with van der Waals surface area (Å²) in [5.74, 6) is -0.416. The molecule has 7 atom stereocenters. The fourth-order valence-electron chi connectivity index (χ4n) is 4.56. The lowest BCUT2D eigenvalue weighted by atomic mass is 9.86. The van der Waals surface area contributed by atoms with Gasteiger partial charge in [-0.2, -0.15) is 0 Å². The van der Waals surface area contributed by atoms with Crippen LogP contribution < -0.4 is 5.73 Å². The number of hydrogen-bond acceptors (Lipinski definition) is 8. The first-order valence-corrected chi connectivity index (χ1v) is 13.9. The molecule has 2 rings (SSSR count). The number of aliphatic hydroxyl groups is 3. The molecule has 0 aromatic carbocycles. The van der Waals surface area contributed by atoms with Crippen LogP contribution in [0, 0.1) is 11.8 Å². The first kappa shape index (κ1) is 30.6. The van der Waals surface area contributed by atoms with E-state index in [0.717, 1.165) is 19.3 Å². The van der Waals surface area contributed by atoms with Crippen LogP contribution in [0.2, 0.25) is 0 Å². The van der Waals surface area contributed by atoms with Gasteiger partial charge in [0.25, 0.3) is 0 Å². The van der Waals surface area contributed by atoms with Gasteiger partial charge in [-0.05, 0) is 50.6 Å². The molecule has 0 bridgehead atoms. The quantitative estimate of drug-likeness (QED) is 0.0894. The Morgan fingerprint density at radius 3 is 2.69 bits per heavy atom. The summed E-state index contributed by atoms with van der Waals surface area (Å²) >= 11 is 0. The van der Waals surface area contributed by atoms with Crippen LogP contribution in [0.25, 0.3) is 0 Å². The van der Waals surface area contributed by atoms with Gasteiger partial charge in [-0.3, -0.25) is 4.52 Å². The average Bonchev–Trinajstić information content (AvgIpc) is 2.79. The van der Waals surface area contributed by atoms with Crippen molar-refractivity contribution in [3.63, 3.8) is 0 Å². The molecule has 10 nitrogen and oxygen atoms in total. The molecule has 0 amide bonds. The molecule has 36 heavy (non-hydrogen) atoms. The number of rotatable bonds is 13. The zero-order valence-electron chi connectivity index (χ0n) is 20.6. The predicted molar refractivity (Wildman–Crippen MR) is 134 cm³/mol. The molecule has 0 aromatic heterocycles. The van der Waals surface area contributed by atoms with Crippen LogP contribution in [0.5, 0.6) is 0 Å². The van der Waals surface area contributed by atoms with Gasteiger partial charge in [0.2, 0.25) is 0 Å². The highest BCUT2D eigenvalue weighted by Crippen LogP contribution is 2.42. The lowest BCUT2D eigenvalue weighted by Gasteiger charge is -2.35. The number of esters is 1. The summed E-state index contributed by atoms with van der Waals surface area (Å²) < 4.78 is 21.9. The molecule has 11 heteroatoms. The Labute approximate surface area is 212 Å². The number of carbonyl (C=O) groups is 1. The van der Waals surface area contributed by atoms with Crippen molar-refractivity contribution in [1.29, 1.82) is 0 Å². The van der Waals surface area contributed by atoms with Crippen molar-refractivity contribution >= 4 is 13.8 Å². The molecule has 2 aliphatic rings. The number of nitrogens with two attached hydrogens (primary N) is 1. The average molecular weight is 530 g/mol. The second-order valence-corrected chi connectivity index (χ2v) is 10.7. The predicted octanol–water partition coefficient (Wildman–Crippen LogP) is 2.02. The number of phosphoric acid groups is 1. The van der Waals surface area contributed by atoms with Gasteiger partial charge in [-0.25, -0.2) is 9.36 Å². The van der Waals surface area contributed by atoms with Gasteiger partial charge in [0.05, 0.1) is 12.2 Å². The normalized spacial score (nSPS) is 29.0. The number of phosphoric ester groups is 1. The van der Waals surface area contributed by atoms with Gasteiger partial charge >= 0.3 is 13.8 Å². The second-order valence-electron chi connectivity index (χ2n) is 9.46. The largest absolute Gasteiger partial charge is 0.469 e. The molecule has 204 valence electrons. The van der Waals surface area contributed by atoms with Crippen LogP contribution in [-0.2, 0) is 18.6 Å². The van der Waals surface area contributed by atoms with Crippen LogP contribution in [0.15, 0.2) is 48.6 Å². The molecule has 0 radical (unpaired) electrons. The summed E-state index contributed by atoms with van der Waals surface area (Å²) in [6.07, 6.45) is 12.5. The summed E-state index contributed by atoms with van der Waals surface area (Å²) in [6.45, 7) is 1.87. The SMILES string of the molecule is CC[C@H]1C=CC(=O)O[C@H]1/C=C/[C@](O)(CCN)[C@@H](C[C@@H](O)/C=C\C=C/C1CCC[C@H](O)C1)OP(=O)(O)O. The lowest BCUT2D eigenvalue weighted by Crippen LogP contribution is -2.45. The molecule has 1 fully saturated rings. The van der Waals surface area contributed by atoms with Crippen molar-refractivity contribution in [2.75, 3.05) is 6.54 Å². The monoisotopic (exact) mass is 529 g/mol. The number of aliphatic hydroxyl groups excluding tert-OH is 2. The van der Waals surface area contributed by atoms with Crippen LogP contribution >= 0.6 is 7.82 Å². The van der Waals surface area contributed by atoms with Gasteiger partial charge in [-0.15, -0.1) is 0 Å². The first-order chi connectivity index (χ1) is 17.0. The highest BCUT2D eigenvalue weighted by atomic mass is 31.2. The molecule has 1 aliphatic carbocycles. The number of carbonyl (C=O) groups excluding carboxylic acids is 1. The minimum atomic E-state index is -5.04. The Bertz CT molecular complexity index is 868. The molecule has 0 saturated heterocycles. The Hall–Kier alpha value is -1.62. The minimum absolute atomic E-state index is 0.0364. The van der Waals surface area contributed by atoms with Crippen molar-refractivity contribution < 1.29 is 43.7 Å². The van der Waals surface area contributed by atoms with Crippen LogP contribution in [0.3, 0.4) is 0 Å². The highest BCUT2D eigenvalue weighted by Gasteiger charge is 2.40. The summed E-state index contributed by atoms with van der Waals surface area (Å²) in [6, 6.07) is 0. The summed E-state index contributed by atoms with van der Waals surface area (Å²) in [7, 11) is -5.04. The molecular weight excluding hydrogens is 489 g/mol. The molecule has 1 heterocycles. The van der Waals surface area contributed by atoms with E-state index in [1.807, 2.05) is 13.0 Å². The Balaban J connectivity index is 2.16. The van der Waals surface area contributed by atoms with Crippen LogP contribution in [0.1, 0.15) is 51.9 Å². The van der Waals surface area contributed by atoms with Crippen molar-refractivity contribution in [1.82, 2.24) is 0 Å². The van der Waals surface area contributed by atoms with E-state index in [2.05, 4.69) is 0 Å². The van der Waals surface area contributed by atoms with Gasteiger partial charge < -0.3 is 35.6 Å². The van der Waals surface area contributed by atoms with E-state index in [9.17, 15) is 34.5 Å². The van der Waals surface area contributed by atoms with Gasteiger partial charge in [0, 0.05) is 18.4 Å². The second kappa shape index (κ2) is 14.4. The molecule has 7 N–H and O–H groups in total. The smallest absolute Gasteiger partial charge is 0.454 e. The molecule has 1 unspecified atom stereocenters. The highest BCUT2D eigenvalue weighted by molar-refractivity contribution is 7.46. The third-order valence-corrected chi connectivity index (χ3v) is 7.07. The number of hydrogen-bond donors (Lipinski definition) is 6. The Morgan fingerprint density at radius 1 is 1.31 bits per heavy atom. The number of cyclic esters (lactones) is 1. The molecule has 1 saturated carbocycles. The van der Waals surface area contributed by atoms with E-state index in [4.69, 9.17) is 15.0 Å². The molecule has 1 aliphatic heterocycles. The van der Waals surface area contributed by atoms with Gasteiger partial charge in [-0.1, -0.05) is 49.8 Å². The van der Waals surface area contributed by atoms with Crippen molar-refractivity contribution in [2.24, 2.45) is 17.6 Å². The van der Waals surface area contributed by atoms with Gasteiger partial charge in [0.1, 0.15) is 17.8 Å². The summed E-state index contributed by atoms with van der Waals surface area (Å²) in [5, 5.41) is 31.6. The maximum Gasteiger partial charge on any atom is 0.469 e. The van der Waals surface area contributed by atoms with E-state index in [1.165, 1.54) is 24.3 Å². The van der Waals surface area contributed by atoms with E-state index < -0.39 is 37.7 Å². The van der Waals surface area contributed by atoms with Crippen LogP contribution in [-0.4, -0.2) is 67.6 Å². The number of allylic oxidation sites excluding steroid dienone is 3. The van der Waals surface area contributed by atoms with Crippen LogP contribution in [0.4, 0.5) is 0 Å². The van der Waals surface area contributed by atoms with Crippen molar-refractivity contribution in [3.8, 4) is 0 Å². The number of ether oxygens (including phenoxy) is 1. The Kier molecular flexibility index (Phi) is 12.2. The first-order valence-electron chi connectivity index (χ1n) is 12.4. The van der Waals surface area contributed by atoms with E-state index >= 15 is 0 Å². The maximum atomic E-state index is 11.7. The van der Waals surface area contributed by atoms with Gasteiger partial charge in [0.15, 0.2) is 0 Å². The van der Waals surface area contributed by atoms with E-state index in [-0.39, 0.29) is 37.3 Å². The zero-order valence-corrected chi connectivity index (χ0v) is 21.5. The van der Waals surface area contributed by atoms with E-state index in [1.54, 1.807) is 18.2 Å². The maximum absolute atomic E-state index is 11.7. The fourth-order valence-corrected chi connectivity index (χ4v) is 5.16. The lowest BCUT2D eigenvalue weighted by molar-refractivity contribution is -0.143. The van der Waals surface area contributed by atoms with Crippen molar-refractivity contribution in [2.45, 2.75) is 81.9 Å². The minimum Gasteiger partial charge on any atom is -0.454 e. The Morgan fingerprint density at radius 2 is 2.06 bits per heavy atom. The third-order valence-electron chi connectivity index (χ3n) is 6.54. The fraction of sp³-hybridized carbons (Fsp3) is 0.640. The van der Waals surface area contributed by atoms with E-state index in [0.29, 0.717) is 12.8 Å². The molecular formula is C25H40NO9P. The third kappa shape index (κ3) is 10.4. The summed E-state index contributed by atoms with van der Waals surface area (Å²) in [5.41, 5.74) is 3.71. The molecule has 0 spiro atoms.